The first-order valence-electron chi connectivity index (χ1n) is 6.30. The molecule has 0 aliphatic heterocycles. The molecule has 0 heterocycles. The molecule has 0 fully saturated rings. The van der Waals surface area contributed by atoms with E-state index in [1.807, 2.05) is 12.1 Å². The van der Waals surface area contributed by atoms with Crippen LogP contribution >= 0.6 is 11.6 Å². The highest BCUT2D eigenvalue weighted by Gasteiger charge is 1.98. The molecule has 4 heteroatoms. The predicted octanol–water partition coefficient (Wildman–Crippen LogP) is 3.76. The Morgan fingerprint density at radius 1 is 1.39 bits per heavy atom. The largest absolute Gasteiger partial charge is 0.273 e. The monoisotopic (exact) mass is 266 g/mol. The molecule has 1 amide bonds. The predicted molar refractivity (Wildman–Crippen MR) is 75.9 cm³/mol. The molecule has 0 aliphatic carbocycles. The fourth-order valence-corrected chi connectivity index (χ4v) is 1.73. The van der Waals surface area contributed by atoms with Crippen LogP contribution in [0.5, 0.6) is 0 Å². The highest BCUT2D eigenvalue weighted by molar-refractivity contribution is 6.30. The minimum Gasteiger partial charge on any atom is -0.273 e. The first kappa shape index (κ1) is 14.7. The van der Waals surface area contributed by atoms with Crippen LogP contribution in [0.15, 0.2) is 29.4 Å². The van der Waals surface area contributed by atoms with Crippen molar-refractivity contribution in [3.8, 4) is 0 Å². The Kier molecular flexibility index (Phi) is 7.11. The van der Waals surface area contributed by atoms with E-state index in [9.17, 15) is 4.79 Å². The second kappa shape index (κ2) is 8.70. The smallest absolute Gasteiger partial charge is 0.240 e. The first-order valence-corrected chi connectivity index (χ1v) is 6.67. The average Bonchev–Trinajstić information content (AvgIpc) is 2.35. The van der Waals surface area contributed by atoms with Crippen LogP contribution in [0.1, 0.15) is 44.6 Å². The molecule has 98 valence electrons. The van der Waals surface area contributed by atoms with E-state index < -0.39 is 0 Å². The summed E-state index contributed by atoms with van der Waals surface area (Å²) in [6.07, 6.45) is 6.50. The van der Waals surface area contributed by atoms with Crippen LogP contribution < -0.4 is 5.43 Å². The number of nitrogens with one attached hydrogen (secondary N) is 1. The summed E-state index contributed by atoms with van der Waals surface area (Å²) in [7, 11) is 0. The second-order valence-corrected chi connectivity index (χ2v) is 4.60. The van der Waals surface area contributed by atoms with Gasteiger partial charge in [-0.2, -0.15) is 5.10 Å². The third kappa shape index (κ3) is 6.40. The molecule has 3 nitrogen and oxygen atoms in total. The molecule has 0 saturated heterocycles. The number of benzene rings is 1. The lowest BCUT2D eigenvalue weighted by Crippen LogP contribution is -2.16. The van der Waals surface area contributed by atoms with Crippen molar-refractivity contribution in [3.05, 3.63) is 34.9 Å². The van der Waals surface area contributed by atoms with E-state index in [4.69, 9.17) is 11.6 Å². The number of carbonyl (C=O) groups excluding carboxylic acids is 1. The Balaban J connectivity index is 2.25. The zero-order valence-electron chi connectivity index (χ0n) is 10.7. The molecular formula is C14H19ClN2O. The lowest BCUT2D eigenvalue weighted by atomic mass is 10.1. The van der Waals surface area contributed by atoms with Crippen molar-refractivity contribution in [2.45, 2.75) is 39.0 Å². The standard InChI is InChI=1S/C14H19ClN2O/c1-2-3-4-5-9-14(18)17-16-11-12-7-6-8-13(15)10-12/h6-8,10-11H,2-5,9H2,1H3,(H,17,18)/b16-11+. The number of unbranched alkanes of at least 4 members (excludes halogenated alkanes) is 3. The first-order chi connectivity index (χ1) is 8.72. The third-order valence-electron chi connectivity index (χ3n) is 2.51. The van der Waals surface area contributed by atoms with Crippen LogP contribution in [0.2, 0.25) is 5.02 Å². The number of hydrogen-bond acceptors (Lipinski definition) is 2. The summed E-state index contributed by atoms with van der Waals surface area (Å²) in [5.41, 5.74) is 3.38. The number of nitrogens with zero attached hydrogens (tertiary/aromatic N) is 1. The van der Waals surface area contributed by atoms with Crippen LogP contribution in [0.3, 0.4) is 0 Å². The normalized spacial score (nSPS) is 10.8. The average molecular weight is 267 g/mol. The van der Waals surface area contributed by atoms with Crippen LogP contribution in [0.25, 0.3) is 0 Å². The molecular weight excluding hydrogens is 248 g/mol. The number of amides is 1. The maximum Gasteiger partial charge on any atom is 0.240 e. The molecule has 1 aromatic carbocycles. The van der Waals surface area contributed by atoms with Crippen molar-refractivity contribution in [2.75, 3.05) is 0 Å². The van der Waals surface area contributed by atoms with E-state index in [0.29, 0.717) is 11.4 Å². The van der Waals surface area contributed by atoms with Gasteiger partial charge in [-0.05, 0) is 24.1 Å². The van der Waals surface area contributed by atoms with Crippen LogP contribution in [0, 0.1) is 0 Å². The van der Waals surface area contributed by atoms with Crippen LogP contribution in [0.4, 0.5) is 0 Å². The minimum atomic E-state index is -0.0376. The van der Waals surface area contributed by atoms with Gasteiger partial charge in [-0.1, -0.05) is 49.9 Å². The number of halogens is 1. The Bertz CT molecular complexity index is 405. The number of carbonyl (C=O) groups is 1. The lowest BCUT2D eigenvalue weighted by Gasteiger charge is -1.99. The van der Waals surface area contributed by atoms with Gasteiger partial charge in [-0.15, -0.1) is 0 Å². The van der Waals surface area contributed by atoms with Gasteiger partial charge in [0.2, 0.25) is 5.91 Å². The maximum atomic E-state index is 11.4. The van der Waals surface area contributed by atoms with Crippen molar-refractivity contribution >= 4 is 23.7 Å². The van der Waals surface area contributed by atoms with Gasteiger partial charge in [0.05, 0.1) is 6.21 Å². The van der Waals surface area contributed by atoms with Gasteiger partial charge in [0.15, 0.2) is 0 Å². The molecule has 0 unspecified atom stereocenters. The van der Waals surface area contributed by atoms with E-state index >= 15 is 0 Å². The molecule has 1 aromatic rings. The number of hydrazone groups is 1. The summed E-state index contributed by atoms with van der Waals surface area (Å²) >= 11 is 5.84. The highest BCUT2D eigenvalue weighted by atomic mass is 35.5. The summed E-state index contributed by atoms with van der Waals surface area (Å²) < 4.78 is 0. The van der Waals surface area contributed by atoms with Crippen molar-refractivity contribution in [1.29, 1.82) is 0 Å². The van der Waals surface area contributed by atoms with Gasteiger partial charge in [0.25, 0.3) is 0 Å². The molecule has 0 saturated carbocycles. The Hall–Kier alpha value is -1.35. The Morgan fingerprint density at radius 3 is 2.94 bits per heavy atom. The summed E-state index contributed by atoms with van der Waals surface area (Å²) in [5.74, 6) is -0.0376. The van der Waals surface area contributed by atoms with Gasteiger partial charge in [-0.25, -0.2) is 5.43 Å². The third-order valence-corrected chi connectivity index (χ3v) is 2.74. The summed E-state index contributed by atoms with van der Waals surface area (Å²) in [6.45, 7) is 2.15. The number of rotatable bonds is 7. The quantitative estimate of drug-likeness (QED) is 0.456. The van der Waals surface area contributed by atoms with Gasteiger partial charge < -0.3 is 0 Å². The van der Waals surface area contributed by atoms with E-state index in [1.165, 1.54) is 12.8 Å². The molecule has 1 rings (SSSR count). The topological polar surface area (TPSA) is 41.5 Å². The molecule has 0 bridgehead atoms. The van der Waals surface area contributed by atoms with E-state index in [2.05, 4.69) is 17.5 Å². The van der Waals surface area contributed by atoms with E-state index in [1.54, 1.807) is 18.3 Å². The van der Waals surface area contributed by atoms with Crippen LogP contribution in [-0.4, -0.2) is 12.1 Å². The van der Waals surface area contributed by atoms with Gasteiger partial charge in [-0.3, -0.25) is 4.79 Å². The Labute approximate surface area is 113 Å². The Morgan fingerprint density at radius 2 is 2.22 bits per heavy atom. The van der Waals surface area contributed by atoms with Crippen molar-refractivity contribution in [2.24, 2.45) is 5.10 Å². The molecule has 18 heavy (non-hydrogen) atoms. The van der Waals surface area contributed by atoms with Crippen LogP contribution in [-0.2, 0) is 4.79 Å². The summed E-state index contributed by atoms with van der Waals surface area (Å²) in [5, 5.41) is 4.56. The highest BCUT2D eigenvalue weighted by Crippen LogP contribution is 2.08. The molecule has 0 atom stereocenters. The molecule has 0 aliphatic rings. The molecule has 0 aromatic heterocycles. The maximum absolute atomic E-state index is 11.4. The van der Waals surface area contributed by atoms with Gasteiger partial charge >= 0.3 is 0 Å². The van der Waals surface area contributed by atoms with E-state index in [-0.39, 0.29) is 5.91 Å². The number of hydrogen-bond donors (Lipinski definition) is 1. The van der Waals surface area contributed by atoms with Gasteiger partial charge in [0, 0.05) is 11.4 Å². The van der Waals surface area contributed by atoms with Crippen molar-refractivity contribution in [1.82, 2.24) is 5.43 Å². The van der Waals surface area contributed by atoms with Crippen molar-refractivity contribution < 1.29 is 4.79 Å². The van der Waals surface area contributed by atoms with Gasteiger partial charge in [0.1, 0.15) is 0 Å². The lowest BCUT2D eigenvalue weighted by molar-refractivity contribution is -0.121. The SMILES string of the molecule is CCCCCCC(=O)N/N=C/c1cccc(Cl)c1. The molecule has 1 N–H and O–H groups in total. The zero-order valence-corrected chi connectivity index (χ0v) is 11.4. The fraction of sp³-hybridized carbons (Fsp3) is 0.429. The minimum absolute atomic E-state index is 0.0376. The van der Waals surface area contributed by atoms with Crippen molar-refractivity contribution in [3.63, 3.8) is 0 Å². The van der Waals surface area contributed by atoms with E-state index in [0.717, 1.165) is 18.4 Å². The summed E-state index contributed by atoms with van der Waals surface area (Å²) in [4.78, 5) is 11.4. The zero-order chi connectivity index (χ0) is 13.2. The molecule has 0 radical (unpaired) electrons. The summed E-state index contributed by atoms with van der Waals surface area (Å²) in [6, 6.07) is 7.31. The molecule has 0 spiro atoms. The second-order valence-electron chi connectivity index (χ2n) is 4.16. The fourth-order valence-electron chi connectivity index (χ4n) is 1.53.